The van der Waals surface area contributed by atoms with E-state index < -0.39 is 0 Å². The number of para-hydroxylation sites is 6. The maximum atomic E-state index is 6.38. The standard InChI is InChI=1S/C77H51N7/c1-77(2)61-34-16-9-27-53(61)60-47-52(45-46-62(60)77)70-69(48-41-43-51(44-42-48)74-79-72(49-23-5-3-6-24-49)78-73(80-74)50-25-7-4-8-26-50)71(82-63-35-17-10-28-54(63)55-29-11-18-36-64(55)82)76(84-67-39-21-14-32-58(67)59-33-15-22-40-68(59)84)81-75(70)83-65-37-19-12-30-56(65)57-31-13-20-38-66(57)83/h3-47H,1-2H3. The van der Waals surface area contributed by atoms with E-state index in [1.54, 1.807) is 0 Å². The van der Waals surface area contributed by atoms with Crippen LogP contribution in [-0.2, 0) is 5.41 Å². The van der Waals surface area contributed by atoms with Gasteiger partial charge in [-0.1, -0.05) is 244 Å². The summed E-state index contributed by atoms with van der Waals surface area (Å²) in [4.78, 5) is 21.9. The third-order valence-electron chi connectivity index (χ3n) is 17.5. The van der Waals surface area contributed by atoms with Crippen molar-refractivity contribution < 1.29 is 0 Å². The van der Waals surface area contributed by atoms with Gasteiger partial charge in [-0.25, -0.2) is 19.9 Å². The van der Waals surface area contributed by atoms with Crippen molar-refractivity contribution in [3.8, 4) is 84.9 Å². The molecule has 0 radical (unpaired) electrons. The highest BCUT2D eigenvalue weighted by Gasteiger charge is 2.37. The second-order valence-corrected chi connectivity index (χ2v) is 22.5. The Bertz CT molecular complexity index is 5120. The zero-order valence-electron chi connectivity index (χ0n) is 46.1. The van der Waals surface area contributed by atoms with Gasteiger partial charge in [-0.05, 0) is 75.8 Å². The molecule has 84 heavy (non-hydrogen) atoms. The van der Waals surface area contributed by atoms with Gasteiger partial charge < -0.3 is 4.57 Å². The summed E-state index contributed by atoms with van der Waals surface area (Å²) in [6, 6.07) is 98.2. The molecule has 16 aromatic rings. The lowest BCUT2D eigenvalue weighted by Gasteiger charge is -2.26. The molecule has 0 spiro atoms. The van der Waals surface area contributed by atoms with Gasteiger partial charge in [0.25, 0.3) is 0 Å². The van der Waals surface area contributed by atoms with Gasteiger partial charge in [0.15, 0.2) is 23.3 Å². The van der Waals surface area contributed by atoms with Crippen LogP contribution in [-0.4, -0.2) is 33.6 Å². The number of pyridine rings is 1. The topological polar surface area (TPSA) is 66.3 Å². The fraction of sp³-hybridized carbons (Fsp3) is 0.0390. The van der Waals surface area contributed by atoms with Crippen LogP contribution in [0.25, 0.3) is 150 Å². The number of nitrogens with zero attached hydrogens (tertiary/aromatic N) is 7. The van der Waals surface area contributed by atoms with Gasteiger partial charge in [0.05, 0.1) is 38.8 Å². The van der Waals surface area contributed by atoms with E-state index in [1.165, 1.54) is 22.3 Å². The maximum Gasteiger partial charge on any atom is 0.165 e. The van der Waals surface area contributed by atoms with E-state index in [0.29, 0.717) is 17.5 Å². The summed E-state index contributed by atoms with van der Waals surface area (Å²) in [5.41, 5.74) is 19.0. The van der Waals surface area contributed by atoms with E-state index in [-0.39, 0.29) is 5.41 Å². The lowest BCUT2D eigenvalue weighted by atomic mass is 9.82. The highest BCUT2D eigenvalue weighted by atomic mass is 15.2. The largest absolute Gasteiger partial charge is 0.305 e. The fourth-order valence-electron chi connectivity index (χ4n) is 13.7. The van der Waals surface area contributed by atoms with Gasteiger partial charge in [-0.2, -0.15) is 0 Å². The molecule has 5 aromatic heterocycles. The minimum atomic E-state index is -0.207. The average molecular weight is 1070 g/mol. The molecule has 0 fully saturated rings. The number of hydrogen-bond acceptors (Lipinski definition) is 4. The molecule has 7 nitrogen and oxygen atoms in total. The Hall–Kier alpha value is -11.0. The molecule has 0 N–H and O–H groups in total. The second-order valence-electron chi connectivity index (χ2n) is 22.5. The van der Waals surface area contributed by atoms with Gasteiger partial charge in [0, 0.05) is 65.5 Å². The van der Waals surface area contributed by atoms with Crippen molar-refractivity contribution >= 4 is 65.4 Å². The first-order valence-electron chi connectivity index (χ1n) is 28.7. The number of fused-ring (bicyclic) bond motifs is 12. The monoisotopic (exact) mass is 1070 g/mol. The summed E-state index contributed by atoms with van der Waals surface area (Å²) >= 11 is 0. The normalized spacial score (nSPS) is 12.7. The number of benzene rings is 11. The zero-order valence-corrected chi connectivity index (χ0v) is 46.1. The molecular formula is C77H51N7. The van der Waals surface area contributed by atoms with Gasteiger partial charge in [0.2, 0.25) is 0 Å². The van der Waals surface area contributed by atoms with E-state index in [9.17, 15) is 0 Å². The summed E-state index contributed by atoms with van der Waals surface area (Å²) in [5.74, 6) is 3.42. The van der Waals surface area contributed by atoms with E-state index in [1.807, 2.05) is 36.4 Å². The molecule has 0 amide bonds. The van der Waals surface area contributed by atoms with E-state index in [0.717, 1.165) is 122 Å². The fourth-order valence-corrected chi connectivity index (χ4v) is 13.7. The van der Waals surface area contributed by atoms with Crippen LogP contribution in [0.5, 0.6) is 0 Å². The molecule has 7 heteroatoms. The first kappa shape index (κ1) is 47.8. The third kappa shape index (κ3) is 7.12. The smallest absolute Gasteiger partial charge is 0.165 e. The number of hydrogen-bond donors (Lipinski definition) is 0. The van der Waals surface area contributed by atoms with Crippen LogP contribution in [0.1, 0.15) is 25.0 Å². The van der Waals surface area contributed by atoms with Crippen LogP contribution in [0.3, 0.4) is 0 Å². The molecule has 5 heterocycles. The average Bonchev–Trinajstić information content (AvgIpc) is 1.62. The highest BCUT2D eigenvalue weighted by Crippen LogP contribution is 2.53. The van der Waals surface area contributed by atoms with Crippen molar-refractivity contribution in [2.45, 2.75) is 19.3 Å². The minimum Gasteiger partial charge on any atom is -0.305 e. The van der Waals surface area contributed by atoms with Crippen LogP contribution >= 0.6 is 0 Å². The number of aromatic nitrogens is 7. The van der Waals surface area contributed by atoms with Gasteiger partial charge in [-0.15, -0.1) is 0 Å². The summed E-state index contributed by atoms with van der Waals surface area (Å²) in [7, 11) is 0. The molecule has 1 aliphatic carbocycles. The third-order valence-corrected chi connectivity index (χ3v) is 17.5. The highest BCUT2D eigenvalue weighted by molar-refractivity contribution is 6.15. The zero-order chi connectivity index (χ0) is 55.6. The summed E-state index contributed by atoms with van der Waals surface area (Å²) in [5, 5.41) is 6.93. The predicted octanol–water partition coefficient (Wildman–Crippen LogP) is 19.2. The van der Waals surface area contributed by atoms with Crippen LogP contribution in [0.4, 0.5) is 0 Å². The summed E-state index contributed by atoms with van der Waals surface area (Å²) < 4.78 is 7.34. The molecule has 0 bridgehead atoms. The Kier molecular flexibility index (Phi) is 10.5. The van der Waals surface area contributed by atoms with E-state index in [2.05, 4.69) is 264 Å². The quantitative estimate of drug-likeness (QED) is 0.152. The van der Waals surface area contributed by atoms with Crippen LogP contribution in [0.15, 0.2) is 273 Å². The molecule has 0 atom stereocenters. The van der Waals surface area contributed by atoms with Crippen molar-refractivity contribution in [2.75, 3.05) is 0 Å². The first-order valence-corrected chi connectivity index (χ1v) is 28.7. The van der Waals surface area contributed by atoms with Crippen LogP contribution < -0.4 is 0 Å². The SMILES string of the molecule is CC1(C)c2ccccc2-c2cc(-c3c(-n4c5ccccc5c5ccccc54)nc(-n4c5ccccc5c5ccccc54)c(-n4c5ccccc5c5ccccc54)c3-c3ccc(-c4nc(-c5ccccc5)nc(-c5ccccc5)n4)cc3)ccc21. The Morgan fingerprint density at radius 2 is 0.607 bits per heavy atom. The molecule has 11 aromatic carbocycles. The molecular weight excluding hydrogens is 1020 g/mol. The van der Waals surface area contributed by atoms with E-state index >= 15 is 0 Å². The Labute approximate surface area is 484 Å². The Morgan fingerprint density at radius 3 is 1.07 bits per heavy atom. The molecule has 0 saturated carbocycles. The molecule has 0 saturated heterocycles. The first-order chi connectivity index (χ1) is 41.5. The van der Waals surface area contributed by atoms with Gasteiger partial charge in [-0.3, -0.25) is 9.13 Å². The molecule has 0 unspecified atom stereocenters. The minimum absolute atomic E-state index is 0.207. The number of rotatable bonds is 8. The van der Waals surface area contributed by atoms with Crippen molar-refractivity contribution in [1.82, 2.24) is 33.6 Å². The maximum absolute atomic E-state index is 6.38. The van der Waals surface area contributed by atoms with Crippen molar-refractivity contribution in [3.63, 3.8) is 0 Å². The molecule has 17 rings (SSSR count). The van der Waals surface area contributed by atoms with Gasteiger partial charge >= 0.3 is 0 Å². The van der Waals surface area contributed by atoms with E-state index in [4.69, 9.17) is 19.9 Å². The van der Waals surface area contributed by atoms with Crippen molar-refractivity contribution in [3.05, 3.63) is 284 Å². The summed E-state index contributed by atoms with van der Waals surface area (Å²) in [6.07, 6.45) is 0. The van der Waals surface area contributed by atoms with Gasteiger partial charge in [0.1, 0.15) is 5.82 Å². The van der Waals surface area contributed by atoms with Crippen molar-refractivity contribution in [1.29, 1.82) is 0 Å². The summed E-state index contributed by atoms with van der Waals surface area (Å²) in [6.45, 7) is 4.71. The molecule has 394 valence electrons. The van der Waals surface area contributed by atoms with Crippen LogP contribution in [0, 0.1) is 0 Å². The molecule has 1 aliphatic rings. The lowest BCUT2D eigenvalue weighted by Crippen LogP contribution is -2.15. The lowest BCUT2D eigenvalue weighted by molar-refractivity contribution is 0.660. The molecule has 0 aliphatic heterocycles. The van der Waals surface area contributed by atoms with Crippen LogP contribution in [0.2, 0.25) is 0 Å². The predicted molar refractivity (Wildman–Crippen MR) is 345 cm³/mol. The Balaban J connectivity index is 1.07. The Morgan fingerprint density at radius 1 is 0.262 bits per heavy atom. The van der Waals surface area contributed by atoms with Crippen molar-refractivity contribution in [2.24, 2.45) is 0 Å². The second kappa shape index (κ2) is 18.5.